The van der Waals surface area contributed by atoms with Gasteiger partial charge in [-0.05, 0) is 66.0 Å². The van der Waals surface area contributed by atoms with Crippen LogP contribution in [0.25, 0.3) is 0 Å². The van der Waals surface area contributed by atoms with Crippen LogP contribution in [0.2, 0.25) is 0 Å². The van der Waals surface area contributed by atoms with E-state index in [0.29, 0.717) is 0 Å². The maximum atomic E-state index is 12.1. The maximum Gasteiger partial charge on any atom is 0.321 e. The minimum Gasteiger partial charge on any atom is -0.325 e. The molecule has 1 aromatic rings. The molecule has 2 rings (SSSR count). The van der Waals surface area contributed by atoms with Gasteiger partial charge in [0.15, 0.2) is 0 Å². The van der Waals surface area contributed by atoms with Crippen molar-refractivity contribution in [3.63, 3.8) is 0 Å². The number of benzene rings is 1. The molecule has 1 aliphatic rings. The van der Waals surface area contributed by atoms with E-state index in [1.165, 1.54) is 9.13 Å². The van der Waals surface area contributed by atoms with E-state index < -0.39 is 0 Å². The molecule has 1 fully saturated rings. The molecular formula is C14H19IN2O. The number of rotatable bonds is 1. The molecule has 2 amide bonds. The van der Waals surface area contributed by atoms with Crippen molar-refractivity contribution in [3.05, 3.63) is 27.3 Å². The predicted molar refractivity (Wildman–Crippen MR) is 82.9 cm³/mol. The number of likely N-dealkylation sites (tertiary alicyclic amines) is 1. The van der Waals surface area contributed by atoms with Crippen molar-refractivity contribution in [2.45, 2.75) is 26.7 Å². The number of hydrogen-bond acceptors (Lipinski definition) is 1. The molecule has 0 spiro atoms. The summed E-state index contributed by atoms with van der Waals surface area (Å²) in [4.78, 5) is 14.0. The Kier molecular flexibility index (Phi) is 4.48. The summed E-state index contributed by atoms with van der Waals surface area (Å²) in [6, 6.07) is 6.04. The van der Waals surface area contributed by atoms with Gasteiger partial charge in [-0.1, -0.05) is 13.0 Å². The SMILES string of the molecule is Cc1ccc(NC(=O)N2CCC(C)CC2)cc1I. The minimum absolute atomic E-state index is 0.0292. The number of amides is 2. The van der Waals surface area contributed by atoms with Gasteiger partial charge in [-0.2, -0.15) is 0 Å². The summed E-state index contributed by atoms with van der Waals surface area (Å²) in [6.45, 7) is 6.06. The van der Waals surface area contributed by atoms with Gasteiger partial charge in [0.05, 0.1) is 0 Å². The summed E-state index contributed by atoms with van der Waals surface area (Å²) in [7, 11) is 0. The quantitative estimate of drug-likeness (QED) is 0.760. The highest BCUT2D eigenvalue weighted by Gasteiger charge is 2.20. The van der Waals surface area contributed by atoms with Crippen molar-refractivity contribution in [3.8, 4) is 0 Å². The van der Waals surface area contributed by atoms with Crippen molar-refractivity contribution in [2.24, 2.45) is 5.92 Å². The summed E-state index contributed by atoms with van der Waals surface area (Å²) in [5.74, 6) is 0.745. The van der Waals surface area contributed by atoms with Gasteiger partial charge in [0.1, 0.15) is 0 Å². The Morgan fingerprint density at radius 3 is 2.67 bits per heavy atom. The lowest BCUT2D eigenvalue weighted by Gasteiger charge is -2.30. The normalized spacial score (nSPS) is 16.7. The number of hydrogen-bond donors (Lipinski definition) is 1. The van der Waals surface area contributed by atoms with E-state index in [2.05, 4.69) is 41.8 Å². The van der Waals surface area contributed by atoms with Crippen molar-refractivity contribution < 1.29 is 4.79 Å². The van der Waals surface area contributed by atoms with Gasteiger partial charge in [-0.3, -0.25) is 0 Å². The van der Waals surface area contributed by atoms with Crippen LogP contribution >= 0.6 is 22.6 Å². The lowest BCUT2D eigenvalue weighted by Crippen LogP contribution is -2.40. The van der Waals surface area contributed by atoms with Crippen molar-refractivity contribution in [1.82, 2.24) is 4.90 Å². The zero-order valence-electron chi connectivity index (χ0n) is 10.9. The molecule has 0 aromatic heterocycles. The molecule has 0 saturated carbocycles. The summed E-state index contributed by atoms with van der Waals surface area (Å²) in [5.41, 5.74) is 2.12. The molecule has 1 aliphatic heterocycles. The second-order valence-corrected chi connectivity index (χ2v) is 6.23. The predicted octanol–water partition coefficient (Wildman–Crippen LogP) is 3.86. The Morgan fingerprint density at radius 2 is 2.06 bits per heavy atom. The van der Waals surface area contributed by atoms with Crippen LogP contribution < -0.4 is 5.32 Å². The van der Waals surface area contributed by atoms with Crippen LogP contribution in [0, 0.1) is 16.4 Å². The Balaban J connectivity index is 1.96. The number of carbonyl (C=O) groups is 1. The van der Waals surface area contributed by atoms with E-state index in [-0.39, 0.29) is 6.03 Å². The van der Waals surface area contributed by atoms with Crippen molar-refractivity contribution in [2.75, 3.05) is 18.4 Å². The Morgan fingerprint density at radius 1 is 1.39 bits per heavy atom. The van der Waals surface area contributed by atoms with E-state index in [0.717, 1.165) is 37.5 Å². The summed E-state index contributed by atoms with van der Waals surface area (Å²) in [5, 5.41) is 2.98. The van der Waals surface area contributed by atoms with Gasteiger partial charge in [0.25, 0.3) is 0 Å². The maximum absolute atomic E-state index is 12.1. The van der Waals surface area contributed by atoms with Gasteiger partial charge in [-0.15, -0.1) is 0 Å². The third-order valence-corrected chi connectivity index (χ3v) is 4.66. The number of halogens is 1. The highest BCUT2D eigenvalue weighted by molar-refractivity contribution is 14.1. The number of anilines is 1. The van der Waals surface area contributed by atoms with Gasteiger partial charge in [0, 0.05) is 22.3 Å². The number of nitrogens with one attached hydrogen (secondary N) is 1. The summed E-state index contributed by atoms with van der Waals surface area (Å²) in [6.07, 6.45) is 2.22. The topological polar surface area (TPSA) is 32.3 Å². The smallest absolute Gasteiger partial charge is 0.321 e. The molecule has 1 saturated heterocycles. The number of nitrogens with zero attached hydrogens (tertiary/aromatic N) is 1. The van der Waals surface area contributed by atoms with Gasteiger partial charge in [0.2, 0.25) is 0 Å². The van der Waals surface area contributed by atoms with E-state index in [4.69, 9.17) is 0 Å². The largest absolute Gasteiger partial charge is 0.325 e. The fourth-order valence-electron chi connectivity index (χ4n) is 2.08. The third-order valence-electron chi connectivity index (χ3n) is 3.49. The van der Waals surface area contributed by atoms with E-state index in [1.54, 1.807) is 0 Å². The standard InChI is InChI=1S/C14H19IN2O/c1-10-5-7-17(8-6-10)14(18)16-12-4-3-11(2)13(15)9-12/h3-4,9-10H,5-8H2,1-2H3,(H,16,18). The molecule has 1 aromatic carbocycles. The molecule has 4 heteroatoms. The summed E-state index contributed by atoms with van der Waals surface area (Å²) >= 11 is 2.29. The zero-order valence-corrected chi connectivity index (χ0v) is 13.0. The molecule has 0 bridgehead atoms. The van der Waals surface area contributed by atoms with Crippen molar-refractivity contribution in [1.29, 1.82) is 0 Å². The molecule has 0 unspecified atom stereocenters. The van der Waals surface area contributed by atoms with E-state index in [9.17, 15) is 4.79 Å². The Labute approximate surface area is 122 Å². The average molecular weight is 358 g/mol. The third kappa shape index (κ3) is 3.37. The molecule has 18 heavy (non-hydrogen) atoms. The highest BCUT2D eigenvalue weighted by Crippen LogP contribution is 2.19. The molecular weight excluding hydrogens is 339 g/mol. The minimum atomic E-state index is 0.0292. The number of piperidine rings is 1. The van der Waals surface area contributed by atoms with E-state index in [1.807, 2.05) is 23.1 Å². The second kappa shape index (κ2) is 5.91. The van der Waals surface area contributed by atoms with Crippen LogP contribution in [0.5, 0.6) is 0 Å². The van der Waals surface area contributed by atoms with Crippen LogP contribution in [-0.4, -0.2) is 24.0 Å². The van der Waals surface area contributed by atoms with Gasteiger partial charge in [-0.25, -0.2) is 4.79 Å². The molecule has 0 aliphatic carbocycles. The zero-order chi connectivity index (χ0) is 13.1. The monoisotopic (exact) mass is 358 g/mol. The lowest BCUT2D eigenvalue weighted by atomic mass is 10.00. The molecule has 1 heterocycles. The second-order valence-electron chi connectivity index (χ2n) is 5.06. The Bertz CT molecular complexity index is 439. The first-order chi connectivity index (χ1) is 8.56. The molecule has 0 atom stereocenters. The number of carbonyl (C=O) groups excluding carboxylic acids is 1. The lowest BCUT2D eigenvalue weighted by molar-refractivity contribution is 0.186. The van der Waals surface area contributed by atoms with Gasteiger partial charge >= 0.3 is 6.03 Å². The Hall–Kier alpha value is -0.780. The molecule has 98 valence electrons. The van der Waals surface area contributed by atoms with Crippen LogP contribution in [0.15, 0.2) is 18.2 Å². The van der Waals surface area contributed by atoms with Crippen LogP contribution in [-0.2, 0) is 0 Å². The average Bonchev–Trinajstić information content (AvgIpc) is 2.34. The first-order valence-electron chi connectivity index (χ1n) is 6.38. The van der Waals surface area contributed by atoms with Crippen LogP contribution in [0.4, 0.5) is 10.5 Å². The molecule has 3 nitrogen and oxygen atoms in total. The highest BCUT2D eigenvalue weighted by atomic mass is 127. The van der Waals surface area contributed by atoms with Crippen LogP contribution in [0.1, 0.15) is 25.3 Å². The number of urea groups is 1. The molecule has 0 radical (unpaired) electrons. The first-order valence-corrected chi connectivity index (χ1v) is 7.46. The molecule has 1 N–H and O–H groups in total. The summed E-state index contributed by atoms with van der Waals surface area (Å²) < 4.78 is 1.18. The van der Waals surface area contributed by atoms with Gasteiger partial charge < -0.3 is 10.2 Å². The van der Waals surface area contributed by atoms with E-state index >= 15 is 0 Å². The van der Waals surface area contributed by atoms with Crippen molar-refractivity contribution >= 4 is 34.3 Å². The fourth-order valence-corrected chi connectivity index (χ4v) is 2.60. The van der Waals surface area contributed by atoms with Crippen LogP contribution in [0.3, 0.4) is 0 Å². The first kappa shape index (κ1) is 13.6. The number of aryl methyl sites for hydroxylation is 1. The fraction of sp³-hybridized carbons (Fsp3) is 0.500.